The summed E-state index contributed by atoms with van der Waals surface area (Å²) < 4.78 is 5.28. The van der Waals surface area contributed by atoms with Gasteiger partial charge >= 0.3 is 0 Å². The molecule has 3 heteroatoms. The first-order valence-corrected chi connectivity index (χ1v) is 4.58. The second-order valence-corrected chi connectivity index (χ2v) is 3.80. The van der Waals surface area contributed by atoms with Gasteiger partial charge in [-0.15, -0.1) is 0 Å². The summed E-state index contributed by atoms with van der Waals surface area (Å²) in [6.07, 6.45) is 2.38. The third-order valence-corrected chi connectivity index (χ3v) is 2.90. The maximum absolute atomic E-state index is 5.28. The molecule has 1 rings (SSSR count). The molecular formula is C9H20N2O. The van der Waals surface area contributed by atoms with Gasteiger partial charge in [-0.25, -0.2) is 0 Å². The van der Waals surface area contributed by atoms with Crippen molar-refractivity contribution in [1.29, 1.82) is 0 Å². The highest BCUT2D eigenvalue weighted by Crippen LogP contribution is 2.23. The Morgan fingerprint density at radius 1 is 1.33 bits per heavy atom. The van der Waals surface area contributed by atoms with E-state index in [0.717, 1.165) is 19.7 Å². The fourth-order valence-electron chi connectivity index (χ4n) is 1.88. The van der Waals surface area contributed by atoms with Crippen LogP contribution in [0.15, 0.2) is 0 Å². The standard InChI is InChI=1S/C9H20N2O/c1-11(2)9(8-12-3)4-6-10-7-5-9/h10H,4-8H2,1-3H3. The molecule has 0 unspecified atom stereocenters. The zero-order valence-corrected chi connectivity index (χ0v) is 8.39. The Labute approximate surface area is 75.1 Å². The van der Waals surface area contributed by atoms with E-state index in [-0.39, 0.29) is 5.54 Å². The zero-order valence-electron chi connectivity index (χ0n) is 8.39. The highest BCUT2D eigenvalue weighted by Gasteiger charge is 2.33. The van der Waals surface area contributed by atoms with E-state index in [1.165, 1.54) is 12.8 Å². The van der Waals surface area contributed by atoms with E-state index in [9.17, 15) is 0 Å². The van der Waals surface area contributed by atoms with E-state index in [1.54, 1.807) is 7.11 Å². The van der Waals surface area contributed by atoms with Gasteiger partial charge in [0.2, 0.25) is 0 Å². The van der Waals surface area contributed by atoms with Crippen LogP contribution in [-0.2, 0) is 4.74 Å². The maximum Gasteiger partial charge on any atom is 0.0647 e. The molecule has 0 aromatic heterocycles. The molecule has 0 radical (unpaired) electrons. The maximum atomic E-state index is 5.28. The quantitative estimate of drug-likeness (QED) is 0.663. The van der Waals surface area contributed by atoms with Crippen LogP contribution in [0.5, 0.6) is 0 Å². The third kappa shape index (κ3) is 1.97. The lowest BCUT2D eigenvalue weighted by Gasteiger charge is -2.42. The lowest BCUT2D eigenvalue weighted by atomic mass is 9.88. The Morgan fingerprint density at radius 2 is 1.92 bits per heavy atom. The van der Waals surface area contributed by atoms with Crippen LogP contribution >= 0.6 is 0 Å². The fraction of sp³-hybridized carbons (Fsp3) is 1.00. The van der Waals surface area contributed by atoms with Gasteiger partial charge in [0.15, 0.2) is 0 Å². The van der Waals surface area contributed by atoms with Crippen LogP contribution in [0, 0.1) is 0 Å². The smallest absolute Gasteiger partial charge is 0.0647 e. The number of methoxy groups -OCH3 is 1. The largest absolute Gasteiger partial charge is 0.383 e. The molecule has 0 aromatic carbocycles. The molecular weight excluding hydrogens is 152 g/mol. The first-order valence-electron chi connectivity index (χ1n) is 4.58. The van der Waals surface area contributed by atoms with Gasteiger partial charge in [-0.1, -0.05) is 0 Å². The number of nitrogens with one attached hydrogen (secondary N) is 1. The van der Waals surface area contributed by atoms with Crippen molar-refractivity contribution < 1.29 is 4.74 Å². The molecule has 0 saturated carbocycles. The van der Waals surface area contributed by atoms with Crippen LogP contribution in [0.1, 0.15) is 12.8 Å². The van der Waals surface area contributed by atoms with Crippen molar-refractivity contribution in [3.05, 3.63) is 0 Å². The number of nitrogens with zero attached hydrogens (tertiary/aromatic N) is 1. The molecule has 12 heavy (non-hydrogen) atoms. The van der Waals surface area contributed by atoms with Crippen molar-refractivity contribution in [1.82, 2.24) is 10.2 Å². The molecule has 1 saturated heterocycles. The van der Waals surface area contributed by atoms with E-state index in [2.05, 4.69) is 24.3 Å². The second kappa shape index (κ2) is 4.21. The highest BCUT2D eigenvalue weighted by atomic mass is 16.5. The summed E-state index contributed by atoms with van der Waals surface area (Å²) in [4.78, 5) is 2.30. The van der Waals surface area contributed by atoms with Crippen LogP contribution in [0.2, 0.25) is 0 Å². The van der Waals surface area contributed by atoms with Crippen LogP contribution in [0.3, 0.4) is 0 Å². The average molecular weight is 172 g/mol. The minimum Gasteiger partial charge on any atom is -0.383 e. The predicted octanol–water partition coefficient (Wildman–Crippen LogP) is 0.317. The molecule has 0 aromatic rings. The Hall–Kier alpha value is -0.120. The normalized spacial score (nSPS) is 23.0. The van der Waals surface area contributed by atoms with Crippen LogP contribution in [-0.4, -0.2) is 51.3 Å². The fourth-order valence-corrected chi connectivity index (χ4v) is 1.88. The summed E-state index contributed by atoms with van der Waals surface area (Å²) in [7, 11) is 6.07. The third-order valence-electron chi connectivity index (χ3n) is 2.90. The molecule has 0 bridgehead atoms. The van der Waals surface area contributed by atoms with Crippen LogP contribution in [0.4, 0.5) is 0 Å². The number of ether oxygens (including phenoxy) is 1. The average Bonchev–Trinajstić information content (AvgIpc) is 2.06. The van der Waals surface area contributed by atoms with Crippen molar-refractivity contribution in [2.45, 2.75) is 18.4 Å². The molecule has 3 nitrogen and oxygen atoms in total. The van der Waals surface area contributed by atoms with Crippen molar-refractivity contribution in [2.75, 3.05) is 40.9 Å². The first kappa shape index (κ1) is 9.96. The lowest BCUT2D eigenvalue weighted by Crippen LogP contribution is -2.54. The molecule has 0 amide bonds. The Morgan fingerprint density at radius 3 is 2.33 bits per heavy atom. The Kier molecular flexibility index (Phi) is 3.50. The first-order chi connectivity index (χ1) is 5.71. The van der Waals surface area contributed by atoms with Gasteiger partial charge < -0.3 is 15.0 Å². The van der Waals surface area contributed by atoms with Gasteiger partial charge in [0, 0.05) is 12.6 Å². The number of hydrogen-bond acceptors (Lipinski definition) is 3. The lowest BCUT2D eigenvalue weighted by molar-refractivity contribution is 0.0183. The van der Waals surface area contributed by atoms with E-state index < -0.39 is 0 Å². The molecule has 0 aliphatic carbocycles. The summed E-state index contributed by atoms with van der Waals surface area (Å²) in [6, 6.07) is 0. The number of likely N-dealkylation sites (N-methyl/N-ethyl adjacent to an activating group) is 1. The monoisotopic (exact) mass is 172 g/mol. The topological polar surface area (TPSA) is 24.5 Å². The Bertz CT molecular complexity index is 125. The van der Waals surface area contributed by atoms with E-state index in [4.69, 9.17) is 4.74 Å². The van der Waals surface area contributed by atoms with Crippen LogP contribution < -0.4 is 5.32 Å². The van der Waals surface area contributed by atoms with Gasteiger partial charge in [-0.2, -0.15) is 0 Å². The van der Waals surface area contributed by atoms with Crippen LogP contribution in [0.25, 0.3) is 0 Å². The van der Waals surface area contributed by atoms with Gasteiger partial charge in [0.1, 0.15) is 0 Å². The van der Waals surface area contributed by atoms with E-state index in [1.807, 2.05) is 0 Å². The SMILES string of the molecule is COCC1(N(C)C)CCNCC1. The van der Waals surface area contributed by atoms with Gasteiger partial charge in [0.25, 0.3) is 0 Å². The zero-order chi connectivity index (χ0) is 9.03. The van der Waals surface area contributed by atoms with Crippen molar-refractivity contribution in [3.63, 3.8) is 0 Å². The molecule has 0 atom stereocenters. The predicted molar refractivity (Wildman–Crippen MR) is 50.4 cm³/mol. The minimum atomic E-state index is 0.278. The summed E-state index contributed by atoms with van der Waals surface area (Å²) in [5, 5.41) is 3.37. The molecule has 1 N–H and O–H groups in total. The van der Waals surface area contributed by atoms with Crippen molar-refractivity contribution in [3.8, 4) is 0 Å². The molecule has 1 heterocycles. The van der Waals surface area contributed by atoms with E-state index >= 15 is 0 Å². The highest BCUT2D eigenvalue weighted by molar-refractivity contribution is 4.91. The molecule has 1 aliphatic rings. The summed E-state index contributed by atoms with van der Waals surface area (Å²) in [5.74, 6) is 0. The number of rotatable bonds is 3. The van der Waals surface area contributed by atoms with Crippen molar-refractivity contribution in [2.24, 2.45) is 0 Å². The molecule has 72 valence electrons. The molecule has 1 aliphatic heterocycles. The number of piperidine rings is 1. The Balaban J connectivity index is 2.56. The second-order valence-electron chi connectivity index (χ2n) is 3.80. The van der Waals surface area contributed by atoms with Gasteiger partial charge in [0.05, 0.1) is 6.61 Å². The van der Waals surface area contributed by atoms with Gasteiger partial charge in [-0.3, -0.25) is 0 Å². The summed E-state index contributed by atoms with van der Waals surface area (Å²) >= 11 is 0. The van der Waals surface area contributed by atoms with E-state index in [0.29, 0.717) is 0 Å². The van der Waals surface area contributed by atoms with Gasteiger partial charge in [-0.05, 0) is 40.0 Å². The molecule has 1 fully saturated rings. The van der Waals surface area contributed by atoms with Crippen molar-refractivity contribution >= 4 is 0 Å². The number of hydrogen-bond donors (Lipinski definition) is 1. The summed E-state index contributed by atoms with van der Waals surface area (Å²) in [5.41, 5.74) is 0.278. The molecule has 0 spiro atoms. The minimum absolute atomic E-state index is 0.278. The summed E-state index contributed by atoms with van der Waals surface area (Å²) in [6.45, 7) is 3.07.